The molecule has 0 bridgehead atoms. The summed E-state index contributed by atoms with van der Waals surface area (Å²) in [7, 11) is 0. The van der Waals surface area contributed by atoms with Gasteiger partial charge in [0.15, 0.2) is 0 Å². The van der Waals surface area contributed by atoms with Crippen molar-refractivity contribution in [2.75, 3.05) is 31.1 Å². The number of nitrogens with zero attached hydrogens (tertiary/aromatic N) is 4. The number of benzene rings is 2. The number of aromatic nitrogens is 2. The lowest BCUT2D eigenvalue weighted by Crippen LogP contribution is -2.37. The first-order valence-electron chi connectivity index (χ1n) is 10.7. The summed E-state index contributed by atoms with van der Waals surface area (Å²) in [6, 6.07) is 16.9. The predicted molar refractivity (Wildman–Crippen MR) is 116 cm³/mol. The van der Waals surface area contributed by atoms with E-state index in [2.05, 4.69) is 46.7 Å². The monoisotopic (exact) mass is 388 g/mol. The van der Waals surface area contributed by atoms with Crippen LogP contribution in [0.5, 0.6) is 0 Å². The molecule has 5 heteroatoms. The zero-order valence-electron chi connectivity index (χ0n) is 17.1. The Morgan fingerprint density at radius 1 is 1.00 bits per heavy atom. The van der Waals surface area contributed by atoms with Gasteiger partial charge < -0.3 is 14.4 Å². The van der Waals surface area contributed by atoms with Gasteiger partial charge in [0, 0.05) is 37.8 Å². The molecule has 2 aromatic carbocycles. The Kier molecular flexibility index (Phi) is 4.74. The smallest absolute Gasteiger partial charge is 0.242 e. The van der Waals surface area contributed by atoms with Crippen LogP contribution in [0.15, 0.2) is 48.5 Å². The molecule has 0 radical (unpaired) electrons. The predicted octanol–water partition coefficient (Wildman–Crippen LogP) is 3.96. The molecule has 2 aliphatic rings. The Morgan fingerprint density at radius 3 is 2.59 bits per heavy atom. The highest BCUT2D eigenvalue weighted by Gasteiger charge is 2.30. The van der Waals surface area contributed by atoms with Gasteiger partial charge in [0.25, 0.3) is 0 Å². The second kappa shape index (κ2) is 7.54. The first kappa shape index (κ1) is 18.2. The van der Waals surface area contributed by atoms with E-state index in [1.165, 1.54) is 24.1 Å². The molecule has 2 heterocycles. The number of carbonyl (C=O) groups excluding carboxylic acids is 1. The number of hydrogen-bond donors (Lipinski definition) is 0. The Hall–Kier alpha value is -2.82. The van der Waals surface area contributed by atoms with E-state index in [0.29, 0.717) is 12.5 Å². The minimum atomic E-state index is 0.209. The van der Waals surface area contributed by atoms with Crippen LogP contribution in [0, 0.1) is 6.92 Å². The van der Waals surface area contributed by atoms with Crippen LogP contribution in [0.1, 0.15) is 36.6 Å². The number of imidazole rings is 1. The quantitative estimate of drug-likeness (QED) is 0.679. The second-order valence-electron chi connectivity index (χ2n) is 8.38. The molecule has 5 rings (SSSR count). The van der Waals surface area contributed by atoms with Crippen LogP contribution >= 0.6 is 0 Å². The molecule has 0 unspecified atom stereocenters. The van der Waals surface area contributed by atoms with Gasteiger partial charge in [-0.3, -0.25) is 4.79 Å². The maximum absolute atomic E-state index is 13.2. The van der Waals surface area contributed by atoms with Gasteiger partial charge in [-0.25, -0.2) is 4.98 Å². The molecule has 1 amide bonds. The maximum Gasteiger partial charge on any atom is 0.242 e. The van der Waals surface area contributed by atoms with Crippen LogP contribution in [0.4, 0.5) is 5.69 Å². The minimum absolute atomic E-state index is 0.209. The Bertz CT molecular complexity index is 1020. The van der Waals surface area contributed by atoms with Gasteiger partial charge >= 0.3 is 0 Å². The fourth-order valence-corrected chi connectivity index (χ4v) is 4.33. The molecule has 1 saturated heterocycles. The summed E-state index contributed by atoms with van der Waals surface area (Å²) in [5.41, 5.74) is 4.61. The molecule has 5 nitrogen and oxygen atoms in total. The third kappa shape index (κ3) is 3.74. The topological polar surface area (TPSA) is 41.4 Å². The van der Waals surface area contributed by atoms with E-state index in [9.17, 15) is 4.79 Å². The first-order chi connectivity index (χ1) is 14.2. The molecule has 3 aromatic rings. The van der Waals surface area contributed by atoms with Gasteiger partial charge in [0.05, 0.1) is 11.0 Å². The van der Waals surface area contributed by atoms with E-state index < -0.39 is 0 Å². The fourth-order valence-electron chi connectivity index (χ4n) is 4.33. The van der Waals surface area contributed by atoms with Crippen molar-refractivity contribution in [3.05, 3.63) is 59.9 Å². The second-order valence-corrected chi connectivity index (χ2v) is 8.38. The summed E-state index contributed by atoms with van der Waals surface area (Å²) in [4.78, 5) is 22.5. The van der Waals surface area contributed by atoms with Crippen molar-refractivity contribution in [3.8, 4) is 0 Å². The number of hydrogen-bond acceptors (Lipinski definition) is 3. The number of para-hydroxylation sites is 2. The zero-order valence-corrected chi connectivity index (χ0v) is 17.1. The highest BCUT2D eigenvalue weighted by Crippen LogP contribution is 2.40. The Balaban J connectivity index is 1.31. The molecule has 2 fully saturated rings. The molecule has 0 N–H and O–H groups in total. The number of fused-ring (bicyclic) bond motifs is 1. The Labute approximate surface area is 171 Å². The number of aryl methyl sites for hydroxylation is 1. The standard InChI is InChI=1S/C24H28N4O/c1-18-7-11-20(12-8-18)26-13-4-14-27(16-15-26)23(29)17-28-22-6-3-2-5-21(22)25-24(28)19-9-10-19/h2-3,5-8,11-12,19H,4,9-10,13-17H2,1H3. The van der Waals surface area contributed by atoms with Gasteiger partial charge in [-0.15, -0.1) is 0 Å². The van der Waals surface area contributed by atoms with Crippen molar-refractivity contribution in [1.82, 2.24) is 14.5 Å². The van der Waals surface area contributed by atoms with Gasteiger partial charge in [0.2, 0.25) is 5.91 Å². The average molecular weight is 389 g/mol. The van der Waals surface area contributed by atoms with Crippen molar-refractivity contribution in [2.24, 2.45) is 0 Å². The molecule has 1 saturated carbocycles. The van der Waals surface area contributed by atoms with Crippen molar-refractivity contribution >= 4 is 22.6 Å². The number of rotatable bonds is 4. The fraction of sp³-hybridized carbons (Fsp3) is 0.417. The molecular formula is C24H28N4O. The van der Waals surface area contributed by atoms with Crippen molar-refractivity contribution in [1.29, 1.82) is 0 Å². The molecule has 0 atom stereocenters. The summed E-state index contributed by atoms with van der Waals surface area (Å²) in [6.07, 6.45) is 3.37. The molecule has 1 aliphatic carbocycles. The summed E-state index contributed by atoms with van der Waals surface area (Å²) < 4.78 is 2.16. The molecule has 29 heavy (non-hydrogen) atoms. The summed E-state index contributed by atoms with van der Waals surface area (Å²) >= 11 is 0. The van der Waals surface area contributed by atoms with Crippen LogP contribution in [0.25, 0.3) is 11.0 Å². The summed E-state index contributed by atoms with van der Waals surface area (Å²) in [6.45, 7) is 5.99. The van der Waals surface area contributed by atoms with E-state index in [0.717, 1.165) is 49.5 Å². The van der Waals surface area contributed by atoms with E-state index >= 15 is 0 Å². The van der Waals surface area contributed by atoms with E-state index in [1.807, 2.05) is 23.1 Å². The number of anilines is 1. The molecule has 0 spiro atoms. The molecule has 1 aromatic heterocycles. The summed E-state index contributed by atoms with van der Waals surface area (Å²) in [5.74, 6) is 1.83. The lowest BCUT2D eigenvalue weighted by atomic mass is 10.2. The van der Waals surface area contributed by atoms with E-state index in [1.54, 1.807) is 0 Å². The Morgan fingerprint density at radius 2 is 1.79 bits per heavy atom. The minimum Gasteiger partial charge on any atom is -0.370 e. The maximum atomic E-state index is 13.2. The summed E-state index contributed by atoms with van der Waals surface area (Å²) in [5, 5.41) is 0. The van der Waals surface area contributed by atoms with E-state index in [4.69, 9.17) is 4.98 Å². The molecular weight excluding hydrogens is 360 g/mol. The van der Waals surface area contributed by atoms with Crippen LogP contribution in [-0.4, -0.2) is 46.5 Å². The largest absolute Gasteiger partial charge is 0.370 e. The normalized spacial score (nSPS) is 17.6. The van der Waals surface area contributed by atoms with Crippen molar-refractivity contribution < 1.29 is 4.79 Å². The van der Waals surface area contributed by atoms with Crippen LogP contribution < -0.4 is 4.90 Å². The number of amides is 1. The van der Waals surface area contributed by atoms with Crippen molar-refractivity contribution in [3.63, 3.8) is 0 Å². The number of carbonyl (C=O) groups is 1. The van der Waals surface area contributed by atoms with E-state index in [-0.39, 0.29) is 5.91 Å². The first-order valence-corrected chi connectivity index (χ1v) is 10.7. The average Bonchev–Trinajstić information content (AvgIpc) is 3.55. The lowest BCUT2D eigenvalue weighted by molar-refractivity contribution is -0.131. The third-order valence-electron chi connectivity index (χ3n) is 6.17. The van der Waals surface area contributed by atoms with Crippen LogP contribution in [0.2, 0.25) is 0 Å². The van der Waals surface area contributed by atoms with Crippen LogP contribution in [-0.2, 0) is 11.3 Å². The lowest BCUT2D eigenvalue weighted by Gasteiger charge is -2.24. The zero-order chi connectivity index (χ0) is 19.8. The van der Waals surface area contributed by atoms with Crippen LogP contribution in [0.3, 0.4) is 0 Å². The van der Waals surface area contributed by atoms with Gasteiger partial charge in [0.1, 0.15) is 12.4 Å². The van der Waals surface area contributed by atoms with Gasteiger partial charge in [-0.1, -0.05) is 29.8 Å². The van der Waals surface area contributed by atoms with Gasteiger partial charge in [-0.2, -0.15) is 0 Å². The molecule has 1 aliphatic heterocycles. The SMILES string of the molecule is Cc1ccc(N2CCCN(C(=O)Cn3c(C4CC4)nc4ccccc43)CC2)cc1. The highest BCUT2D eigenvalue weighted by atomic mass is 16.2. The highest BCUT2D eigenvalue weighted by molar-refractivity contribution is 5.81. The third-order valence-corrected chi connectivity index (χ3v) is 6.17. The van der Waals surface area contributed by atoms with Gasteiger partial charge in [-0.05, 0) is 50.5 Å². The molecule has 150 valence electrons. The van der Waals surface area contributed by atoms with Crippen molar-refractivity contribution in [2.45, 2.75) is 38.6 Å².